The Morgan fingerprint density at radius 3 is 2.50 bits per heavy atom. The van der Waals surface area contributed by atoms with Crippen molar-refractivity contribution in [1.29, 1.82) is 0 Å². The molecule has 1 rings (SSSR count). The Morgan fingerprint density at radius 1 is 1.50 bits per heavy atom. The second-order valence-electron chi connectivity index (χ2n) is 1.59. The van der Waals surface area contributed by atoms with Gasteiger partial charge in [0.2, 0.25) is 0 Å². The number of aliphatic carboxylic acids is 1. The van der Waals surface area contributed by atoms with Gasteiger partial charge in [0, 0.05) is 0 Å². The smallest absolute Gasteiger partial charge is 0.546 e. The first kappa shape index (κ1) is 10.4. The second-order valence-corrected chi connectivity index (χ2v) is 1.59. The number of carboxylic acids is 1. The third kappa shape index (κ3) is 2.98. The van der Waals surface area contributed by atoms with Gasteiger partial charge in [0.1, 0.15) is 0 Å². The Bertz CT molecular complexity index is 174. The molecule has 4 heteroatoms. The minimum Gasteiger partial charge on any atom is -0.546 e. The molecule has 48 valence electrons. The Balaban J connectivity index is 0.000000810. The summed E-state index contributed by atoms with van der Waals surface area (Å²) in [6, 6.07) is 0. The molecule has 0 bridgehead atoms. The van der Waals surface area contributed by atoms with E-state index in [0.29, 0.717) is 0 Å². The van der Waals surface area contributed by atoms with E-state index < -0.39 is 12.1 Å². The summed E-state index contributed by atoms with van der Waals surface area (Å²) in [5.74, 6) is -1.21. The topological polar surface area (TPSA) is 49.4 Å². The SMILES string of the molecule is O=C([O-])C1C=CC=CO1.[K+]. The zero-order valence-corrected chi connectivity index (χ0v) is 8.73. The Morgan fingerprint density at radius 2 is 2.20 bits per heavy atom. The molecule has 0 saturated heterocycles. The standard InChI is InChI=1S/C6H6O3.K/c7-6(8)5-3-1-2-4-9-5;/h1-5H,(H,7,8);/q;+1/p-1. The third-order valence-electron chi connectivity index (χ3n) is 0.933. The van der Waals surface area contributed by atoms with Crippen LogP contribution in [0.25, 0.3) is 0 Å². The number of carboxylic acid groups (broad SMARTS) is 1. The quantitative estimate of drug-likeness (QED) is 0.374. The number of ether oxygens (including phenoxy) is 1. The van der Waals surface area contributed by atoms with Crippen molar-refractivity contribution in [2.75, 3.05) is 0 Å². The van der Waals surface area contributed by atoms with Gasteiger partial charge in [-0.2, -0.15) is 0 Å². The van der Waals surface area contributed by atoms with Crippen LogP contribution in [0.2, 0.25) is 0 Å². The van der Waals surface area contributed by atoms with Gasteiger partial charge in [-0.25, -0.2) is 0 Å². The van der Waals surface area contributed by atoms with Crippen LogP contribution in [0.1, 0.15) is 0 Å². The van der Waals surface area contributed by atoms with Crippen molar-refractivity contribution in [2.24, 2.45) is 0 Å². The van der Waals surface area contributed by atoms with Crippen LogP contribution in [0.3, 0.4) is 0 Å². The first-order valence-electron chi connectivity index (χ1n) is 2.50. The van der Waals surface area contributed by atoms with Crippen LogP contribution >= 0.6 is 0 Å². The van der Waals surface area contributed by atoms with Gasteiger partial charge in [0.15, 0.2) is 6.10 Å². The van der Waals surface area contributed by atoms with Crippen LogP contribution in [-0.2, 0) is 9.53 Å². The first-order valence-corrected chi connectivity index (χ1v) is 2.50. The summed E-state index contributed by atoms with van der Waals surface area (Å²) in [6.45, 7) is 0. The molecule has 10 heavy (non-hydrogen) atoms. The van der Waals surface area contributed by atoms with Gasteiger partial charge in [-0.15, -0.1) is 0 Å². The zero-order chi connectivity index (χ0) is 6.69. The average Bonchev–Trinajstić information content (AvgIpc) is 1.90. The van der Waals surface area contributed by atoms with Crippen molar-refractivity contribution in [1.82, 2.24) is 0 Å². The molecular weight excluding hydrogens is 159 g/mol. The van der Waals surface area contributed by atoms with E-state index in [0.717, 1.165) is 0 Å². The number of rotatable bonds is 1. The Labute approximate surface area is 101 Å². The summed E-state index contributed by atoms with van der Waals surface area (Å²) >= 11 is 0. The minimum atomic E-state index is -1.21. The zero-order valence-electron chi connectivity index (χ0n) is 5.61. The van der Waals surface area contributed by atoms with Gasteiger partial charge in [-0.3, -0.25) is 0 Å². The number of hydrogen-bond donors (Lipinski definition) is 0. The van der Waals surface area contributed by atoms with E-state index >= 15 is 0 Å². The van der Waals surface area contributed by atoms with E-state index in [1.807, 2.05) is 0 Å². The summed E-state index contributed by atoms with van der Waals surface area (Å²) in [5.41, 5.74) is 0. The summed E-state index contributed by atoms with van der Waals surface area (Å²) in [7, 11) is 0. The average molecular weight is 164 g/mol. The van der Waals surface area contributed by atoms with Gasteiger partial charge in [0.05, 0.1) is 12.2 Å². The predicted octanol–water partition coefficient (Wildman–Crippen LogP) is -3.79. The number of carbonyl (C=O) groups excluding carboxylic acids is 1. The molecule has 0 aromatic carbocycles. The van der Waals surface area contributed by atoms with E-state index in [1.165, 1.54) is 12.3 Å². The monoisotopic (exact) mass is 164 g/mol. The summed E-state index contributed by atoms with van der Waals surface area (Å²) in [5, 5.41) is 10.0. The van der Waals surface area contributed by atoms with Crippen LogP contribution in [-0.4, -0.2) is 12.1 Å². The van der Waals surface area contributed by atoms with Crippen LogP contribution < -0.4 is 56.5 Å². The molecule has 0 saturated carbocycles. The van der Waals surface area contributed by atoms with Crippen molar-refractivity contribution in [3.8, 4) is 0 Å². The van der Waals surface area contributed by atoms with Crippen LogP contribution in [0.4, 0.5) is 0 Å². The molecule has 0 fully saturated rings. The third-order valence-corrected chi connectivity index (χ3v) is 0.933. The van der Waals surface area contributed by atoms with Gasteiger partial charge in [0.25, 0.3) is 0 Å². The second kappa shape index (κ2) is 5.09. The molecule has 1 aliphatic heterocycles. The normalized spacial score (nSPS) is 21.0. The molecule has 0 N–H and O–H groups in total. The number of hydrogen-bond acceptors (Lipinski definition) is 3. The number of allylic oxidation sites excluding steroid dienone is 2. The fraction of sp³-hybridized carbons (Fsp3) is 0.167. The molecule has 1 unspecified atom stereocenters. The maximum absolute atomic E-state index is 10.0. The molecule has 0 aromatic heterocycles. The summed E-state index contributed by atoms with van der Waals surface area (Å²) < 4.78 is 4.61. The molecular formula is C6H5KO3. The summed E-state index contributed by atoms with van der Waals surface area (Å²) in [6.07, 6.45) is 5.04. The van der Waals surface area contributed by atoms with Gasteiger partial charge in [-0.1, -0.05) is 6.08 Å². The molecule has 1 atom stereocenters. The van der Waals surface area contributed by atoms with Crippen molar-refractivity contribution in [3.05, 3.63) is 24.5 Å². The first-order chi connectivity index (χ1) is 4.30. The predicted molar refractivity (Wildman–Crippen MR) is 28.2 cm³/mol. The van der Waals surface area contributed by atoms with E-state index in [1.54, 1.807) is 12.2 Å². The largest absolute Gasteiger partial charge is 1.00 e. The fourth-order valence-electron chi connectivity index (χ4n) is 0.520. The maximum Gasteiger partial charge on any atom is 1.00 e. The van der Waals surface area contributed by atoms with E-state index in [4.69, 9.17) is 0 Å². The molecule has 3 nitrogen and oxygen atoms in total. The molecule has 0 spiro atoms. The van der Waals surface area contributed by atoms with E-state index in [9.17, 15) is 9.90 Å². The Kier molecular flexibility index (Phi) is 5.29. The summed E-state index contributed by atoms with van der Waals surface area (Å²) in [4.78, 5) is 10.0. The van der Waals surface area contributed by atoms with Crippen LogP contribution in [0.15, 0.2) is 24.5 Å². The maximum atomic E-state index is 10.0. The van der Waals surface area contributed by atoms with Gasteiger partial charge in [-0.05, 0) is 12.2 Å². The fourth-order valence-corrected chi connectivity index (χ4v) is 0.520. The molecule has 1 aliphatic rings. The van der Waals surface area contributed by atoms with Crippen molar-refractivity contribution < 1.29 is 66.0 Å². The molecule has 1 heterocycles. The Hall–Kier alpha value is 0.386. The minimum absolute atomic E-state index is 0. The van der Waals surface area contributed by atoms with Crippen LogP contribution in [0, 0.1) is 0 Å². The number of carbonyl (C=O) groups is 1. The molecule has 0 aromatic rings. The van der Waals surface area contributed by atoms with E-state index in [2.05, 4.69) is 4.74 Å². The van der Waals surface area contributed by atoms with Gasteiger partial charge >= 0.3 is 51.4 Å². The van der Waals surface area contributed by atoms with Gasteiger partial charge < -0.3 is 14.6 Å². The van der Waals surface area contributed by atoms with E-state index in [-0.39, 0.29) is 51.4 Å². The van der Waals surface area contributed by atoms with Crippen molar-refractivity contribution in [3.63, 3.8) is 0 Å². The molecule has 0 amide bonds. The van der Waals surface area contributed by atoms with Crippen LogP contribution in [0.5, 0.6) is 0 Å². The molecule has 0 aliphatic carbocycles. The van der Waals surface area contributed by atoms with Crippen molar-refractivity contribution in [2.45, 2.75) is 6.10 Å². The van der Waals surface area contributed by atoms with Crippen molar-refractivity contribution >= 4 is 5.97 Å². The molecule has 0 radical (unpaired) electrons.